The summed E-state index contributed by atoms with van der Waals surface area (Å²) in [6, 6.07) is 5.80. The van der Waals surface area contributed by atoms with Crippen molar-refractivity contribution in [2.45, 2.75) is 12.7 Å². The maximum atomic E-state index is 12.1. The molecule has 7 heteroatoms. The predicted molar refractivity (Wildman–Crippen MR) is 55.4 cm³/mol. The van der Waals surface area contributed by atoms with E-state index in [1.807, 2.05) is 0 Å². The third-order valence-electron chi connectivity index (χ3n) is 1.90. The molecule has 0 saturated carbocycles. The normalized spacial score (nSPS) is 11.8. The topological polar surface area (TPSA) is 30.7 Å². The summed E-state index contributed by atoms with van der Waals surface area (Å²) < 4.78 is 37.1. The molecule has 0 aliphatic heterocycles. The van der Waals surface area contributed by atoms with E-state index in [1.54, 1.807) is 12.1 Å². The molecule has 2 aromatic rings. The number of aromatic nitrogens is 3. The molecule has 0 saturated heterocycles. The van der Waals surface area contributed by atoms with E-state index in [0.29, 0.717) is 10.7 Å². The predicted octanol–water partition coefficient (Wildman–Crippen LogP) is 2.96. The number of halogens is 4. The number of alkyl halides is 3. The Bertz CT molecular complexity index is 522. The molecule has 0 aliphatic carbocycles. The van der Waals surface area contributed by atoms with Gasteiger partial charge in [-0.25, -0.2) is 0 Å². The zero-order valence-corrected chi connectivity index (χ0v) is 9.13. The molecular formula is C10H6ClF3N3. The number of rotatable bonds is 2. The lowest BCUT2D eigenvalue weighted by Gasteiger charge is -2.05. The fourth-order valence-electron chi connectivity index (χ4n) is 1.26. The highest BCUT2D eigenvalue weighted by atomic mass is 35.5. The molecule has 2 aromatic heterocycles. The summed E-state index contributed by atoms with van der Waals surface area (Å²) in [5, 5.41) is 4.04. The van der Waals surface area contributed by atoms with Crippen LogP contribution in [0.25, 0.3) is 11.4 Å². The summed E-state index contributed by atoms with van der Waals surface area (Å²) in [6.45, 7) is -1.16. The molecule has 0 N–H and O–H groups in total. The smallest absolute Gasteiger partial charge is 0.262 e. The second-order valence-electron chi connectivity index (χ2n) is 3.27. The van der Waals surface area contributed by atoms with E-state index in [4.69, 9.17) is 11.6 Å². The number of pyridine rings is 1. The number of hydrogen-bond acceptors (Lipinski definition) is 2. The van der Waals surface area contributed by atoms with E-state index < -0.39 is 12.7 Å². The van der Waals surface area contributed by atoms with Gasteiger partial charge < -0.3 is 0 Å². The van der Waals surface area contributed by atoms with Gasteiger partial charge in [-0.1, -0.05) is 11.6 Å². The van der Waals surface area contributed by atoms with Crippen LogP contribution >= 0.6 is 11.6 Å². The lowest BCUT2D eigenvalue weighted by molar-refractivity contribution is -0.142. The summed E-state index contributed by atoms with van der Waals surface area (Å²) >= 11 is 5.85. The molecule has 3 nitrogen and oxygen atoms in total. The summed E-state index contributed by atoms with van der Waals surface area (Å²) in [4.78, 5) is 3.94. The quantitative estimate of drug-likeness (QED) is 0.831. The van der Waals surface area contributed by atoms with Gasteiger partial charge in [0.1, 0.15) is 17.9 Å². The monoisotopic (exact) mass is 260 g/mol. The van der Waals surface area contributed by atoms with Gasteiger partial charge in [-0.15, -0.1) is 0 Å². The fraction of sp³-hybridized carbons (Fsp3) is 0.200. The van der Waals surface area contributed by atoms with Crippen molar-refractivity contribution in [1.29, 1.82) is 0 Å². The Morgan fingerprint density at radius 1 is 1.41 bits per heavy atom. The molecule has 0 amide bonds. The molecule has 0 aliphatic rings. The number of nitrogens with zero attached hydrogens (tertiary/aromatic N) is 3. The van der Waals surface area contributed by atoms with Gasteiger partial charge in [0.2, 0.25) is 0 Å². The molecule has 0 spiro atoms. The zero-order valence-electron chi connectivity index (χ0n) is 8.37. The molecule has 0 atom stereocenters. The highest BCUT2D eigenvalue weighted by Crippen LogP contribution is 2.24. The second kappa shape index (κ2) is 4.37. The SMILES string of the molecule is FC(F)(F)Cn1c[c]c(-c2ncccc2Cl)n1. The van der Waals surface area contributed by atoms with Crippen molar-refractivity contribution in [3.8, 4) is 11.4 Å². The van der Waals surface area contributed by atoms with Gasteiger partial charge in [-0.3, -0.25) is 9.67 Å². The first-order valence-corrected chi connectivity index (χ1v) is 4.96. The van der Waals surface area contributed by atoms with Gasteiger partial charge in [0, 0.05) is 18.5 Å². The van der Waals surface area contributed by atoms with Crippen molar-refractivity contribution in [2.75, 3.05) is 0 Å². The fourth-order valence-corrected chi connectivity index (χ4v) is 1.47. The van der Waals surface area contributed by atoms with Crippen LogP contribution in [0.15, 0.2) is 24.5 Å². The Balaban J connectivity index is 2.28. The lowest BCUT2D eigenvalue weighted by atomic mass is 10.3. The van der Waals surface area contributed by atoms with Crippen LogP contribution in [0, 0.1) is 6.07 Å². The third kappa shape index (κ3) is 2.97. The number of hydrogen-bond donors (Lipinski definition) is 0. The highest BCUT2D eigenvalue weighted by Gasteiger charge is 2.28. The van der Waals surface area contributed by atoms with Crippen molar-refractivity contribution in [2.24, 2.45) is 0 Å². The molecule has 2 rings (SSSR count). The van der Waals surface area contributed by atoms with Crippen molar-refractivity contribution in [3.63, 3.8) is 0 Å². The van der Waals surface area contributed by atoms with Gasteiger partial charge >= 0.3 is 6.18 Å². The average molecular weight is 261 g/mol. The van der Waals surface area contributed by atoms with Gasteiger partial charge in [-0.2, -0.15) is 18.3 Å². The minimum Gasteiger partial charge on any atom is -0.262 e. The minimum absolute atomic E-state index is 0.194. The molecule has 1 radical (unpaired) electrons. The second-order valence-corrected chi connectivity index (χ2v) is 3.68. The first-order chi connectivity index (χ1) is 7.96. The van der Waals surface area contributed by atoms with Crippen LogP contribution < -0.4 is 0 Å². The Hall–Kier alpha value is -1.56. The van der Waals surface area contributed by atoms with Crippen LogP contribution in [0.1, 0.15) is 0 Å². The third-order valence-corrected chi connectivity index (χ3v) is 2.21. The first kappa shape index (κ1) is 11.9. The van der Waals surface area contributed by atoms with Crippen LogP contribution in [0.2, 0.25) is 5.02 Å². The summed E-state index contributed by atoms with van der Waals surface area (Å²) in [5.74, 6) is 0. The van der Waals surface area contributed by atoms with Crippen LogP contribution in [0.5, 0.6) is 0 Å². The van der Waals surface area contributed by atoms with Gasteiger partial charge in [0.25, 0.3) is 0 Å². The van der Waals surface area contributed by atoms with Crippen molar-refractivity contribution >= 4 is 11.6 Å². The minimum atomic E-state index is -4.31. The molecule has 0 fully saturated rings. The van der Waals surface area contributed by atoms with Gasteiger partial charge in [0.15, 0.2) is 0 Å². The molecule has 2 heterocycles. The van der Waals surface area contributed by atoms with E-state index in [0.717, 1.165) is 10.9 Å². The van der Waals surface area contributed by atoms with Gasteiger partial charge in [-0.05, 0) is 12.1 Å². The maximum absolute atomic E-state index is 12.1. The average Bonchev–Trinajstić information content (AvgIpc) is 2.64. The van der Waals surface area contributed by atoms with Crippen molar-refractivity contribution < 1.29 is 13.2 Å². The van der Waals surface area contributed by atoms with Crippen molar-refractivity contribution in [1.82, 2.24) is 14.8 Å². The van der Waals surface area contributed by atoms with E-state index in [-0.39, 0.29) is 5.69 Å². The van der Waals surface area contributed by atoms with E-state index >= 15 is 0 Å². The molecule has 17 heavy (non-hydrogen) atoms. The summed E-state index contributed by atoms with van der Waals surface area (Å²) in [6.07, 6.45) is -1.71. The highest BCUT2D eigenvalue weighted by molar-refractivity contribution is 6.32. The standard InChI is InChI=1S/C10H6ClF3N3/c11-7-2-1-4-15-9(7)8-3-5-17(16-8)6-10(12,13)14/h1-2,4-5H,6H2. The van der Waals surface area contributed by atoms with Crippen LogP contribution in [-0.4, -0.2) is 20.9 Å². The van der Waals surface area contributed by atoms with Crippen LogP contribution in [-0.2, 0) is 6.54 Å². The molecular weight excluding hydrogens is 255 g/mol. The van der Waals surface area contributed by atoms with E-state index in [1.165, 1.54) is 6.20 Å². The zero-order chi connectivity index (χ0) is 12.5. The molecule has 0 unspecified atom stereocenters. The Labute approximate surface area is 99.8 Å². The first-order valence-electron chi connectivity index (χ1n) is 4.58. The van der Waals surface area contributed by atoms with E-state index in [2.05, 4.69) is 16.1 Å². The van der Waals surface area contributed by atoms with Crippen LogP contribution in [0.3, 0.4) is 0 Å². The Morgan fingerprint density at radius 2 is 2.18 bits per heavy atom. The molecule has 89 valence electrons. The lowest BCUT2D eigenvalue weighted by Crippen LogP contribution is -2.17. The Morgan fingerprint density at radius 3 is 2.82 bits per heavy atom. The summed E-state index contributed by atoms with van der Waals surface area (Å²) in [7, 11) is 0. The maximum Gasteiger partial charge on any atom is 0.408 e. The largest absolute Gasteiger partial charge is 0.408 e. The molecule has 0 bridgehead atoms. The molecule has 0 aromatic carbocycles. The van der Waals surface area contributed by atoms with Crippen molar-refractivity contribution in [3.05, 3.63) is 35.6 Å². The van der Waals surface area contributed by atoms with E-state index in [9.17, 15) is 13.2 Å². The summed E-state index contributed by atoms with van der Waals surface area (Å²) in [5.41, 5.74) is 0.509. The Kier molecular flexibility index (Phi) is 3.06. The van der Waals surface area contributed by atoms with Gasteiger partial charge in [0.05, 0.1) is 5.02 Å². The van der Waals surface area contributed by atoms with Crippen LogP contribution in [0.4, 0.5) is 13.2 Å².